The van der Waals surface area contributed by atoms with Gasteiger partial charge < -0.3 is 14.4 Å². The molecule has 0 aliphatic carbocycles. The molecule has 0 unspecified atom stereocenters. The number of aliphatic imine (C=N–C) groups is 1. The number of ether oxygens (including phenoxy) is 2. The van der Waals surface area contributed by atoms with Gasteiger partial charge in [0.2, 0.25) is 5.90 Å². The summed E-state index contributed by atoms with van der Waals surface area (Å²) in [4.78, 5) is 19.7. The van der Waals surface area contributed by atoms with Crippen LogP contribution in [-0.2, 0) is 9.53 Å². The van der Waals surface area contributed by atoms with Crippen LogP contribution in [0.25, 0.3) is 11.8 Å². The number of hydrogen-bond donors (Lipinski definition) is 0. The van der Waals surface area contributed by atoms with Crippen LogP contribution in [0.2, 0.25) is 0 Å². The molecule has 0 amide bonds. The maximum Gasteiger partial charge on any atom is 0.363 e. The highest BCUT2D eigenvalue weighted by molar-refractivity contribution is 6.13. The second-order valence-electron chi connectivity index (χ2n) is 9.04. The van der Waals surface area contributed by atoms with E-state index in [2.05, 4.69) is 9.89 Å². The zero-order chi connectivity index (χ0) is 25.2. The van der Waals surface area contributed by atoms with Gasteiger partial charge in [0.15, 0.2) is 5.70 Å². The van der Waals surface area contributed by atoms with Crippen LogP contribution in [0.15, 0.2) is 95.6 Å². The molecular weight excluding hydrogens is 464 g/mol. The fourth-order valence-electron chi connectivity index (χ4n) is 4.64. The summed E-state index contributed by atoms with van der Waals surface area (Å²) >= 11 is 0. The second-order valence-corrected chi connectivity index (χ2v) is 9.04. The van der Waals surface area contributed by atoms with E-state index in [4.69, 9.17) is 14.6 Å². The van der Waals surface area contributed by atoms with E-state index in [1.165, 1.54) is 0 Å². The van der Waals surface area contributed by atoms with Gasteiger partial charge in [-0.15, -0.1) is 0 Å². The molecule has 3 heterocycles. The standard InChI is InChI=1S/C30H26N4O3/c1-21-26(29(33-18-8-9-19-33)34(32-21)23-10-4-2-5-11-23)20-27-30(35)37-28(31-27)22-14-16-25(17-15-22)36-24-12-6-3-7-13-24/h2-7,10-17,20H,8-9,18-19H2,1H3. The normalized spacial score (nSPS) is 16.2. The zero-order valence-corrected chi connectivity index (χ0v) is 20.5. The summed E-state index contributed by atoms with van der Waals surface area (Å²) in [6, 6.07) is 27.0. The lowest BCUT2D eigenvalue weighted by Gasteiger charge is -2.20. The van der Waals surface area contributed by atoms with Gasteiger partial charge in [0.05, 0.1) is 11.4 Å². The van der Waals surface area contributed by atoms with Crippen molar-refractivity contribution in [3.63, 3.8) is 0 Å². The first-order chi connectivity index (χ1) is 18.2. The van der Waals surface area contributed by atoms with E-state index in [1.54, 1.807) is 6.08 Å². The first-order valence-corrected chi connectivity index (χ1v) is 12.4. The van der Waals surface area contributed by atoms with Gasteiger partial charge >= 0.3 is 5.97 Å². The number of cyclic esters (lactones) is 1. The van der Waals surface area contributed by atoms with Crippen molar-refractivity contribution < 1.29 is 14.3 Å². The Morgan fingerprint density at radius 1 is 0.865 bits per heavy atom. The van der Waals surface area contributed by atoms with Crippen molar-refractivity contribution in [2.45, 2.75) is 19.8 Å². The van der Waals surface area contributed by atoms with Crippen molar-refractivity contribution in [1.82, 2.24) is 9.78 Å². The van der Waals surface area contributed by atoms with Crippen LogP contribution in [0.1, 0.15) is 29.7 Å². The molecule has 0 radical (unpaired) electrons. The summed E-state index contributed by atoms with van der Waals surface area (Å²) in [5, 5.41) is 4.83. The molecule has 3 aromatic carbocycles. The molecule has 7 heteroatoms. The Morgan fingerprint density at radius 3 is 2.22 bits per heavy atom. The van der Waals surface area contributed by atoms with Gasteiger partial charge in [0, 0.05) is 24.2 Å². The minimum Gasteiger partial charge on any atom is -0.457 e. The van der Waals surface area contributed by atoms with Crippen molar-refractivity contribution in [2.75, 3.05) is 18.0 Å². The summed E-state index contributed by atoms with van der Waals surface area (Å²) in [7, 11) is 0. The van der Waals surface area contributed by atoms with Crippen LogP contribution in [0.3, 0.4) is 0 Å². The predicted octanol–water partition coefficient (Wildman–Crippen LogP) is 5.92. The average Bonchev–Trinajstić information content (AvgIpc) is 3.66. The number of rotatable bonds is 6. The highest BCUT2D eigenvalue weighted by Crippen LogP contribution is 2.33. The van der Waals surface area contributed by atoms with E-state index in [-0.39, 0.29) is 11.6 Å². The molecule has 1 aromatic heterocycles. The Hall–Kier alpha value is -4.65. The first-order valence-electron chi connectivity index (χ1n) is 12.4. The molecule has 2 aliphatic heterocycles. The largest absolute Gasteiger partial charge is 0.457 e. The molecule has 1 saturated heterocycles. The zero-order valence-electron chi connectivity index (χ0n) is 20.5. The van der Waals surface area contributed by atoms with E-state index in [9.17, 15) is 4.79 Å². The number of aromatic nitrogens is 2. The van der Waals surface area contributed by atoms with Crippen molar-refractivity contribution in [1.29, 1.82) is 0 Å². The molecule has 0 saturated carbocycles. The molecule has 0 bridgehead atoms. The lowest BCUT2D eigenvalue weighted by molar-refractivity contribution is -0.129. The molecule has 37 heavy (non-hydrogen) atoms. The number of anilines is 1. The summed E-state index contributed by atoms with van der Waals surface area (Å²) < 4.78 is 13.4. The van der Waals surface area contributed by atoms with Gasteiger partial charge in [-0.25, -0.2) is 14.5 Å². The van der Waals surface area contributed by atoms with E-state index < -0.39 is 5.97 Å². The van der Waals surface area contributed by atoms with Crippen LogP contribution in [0.4, 0.5) is 5.82 Å². The number of para-hydroxylation sites is 2. The third-order valence-electron chi connectivity index (χ3n) is 6.47. The minimum absolute atomic E-state index is 0.260. The smallest absolute Gasteiger partial charge is 0.363 e. The number of carbonyl (C=O) groups is 1. The Morgan fingerprint density at radius 2 is 1.51 bits per heavy atom. The average molecular weight is 491 g/mol. The lowest BCUT2D eigenvalue weighted by atomic mass is 10.2. The Labute approximate surface area is 215 Å². The number of hydrogen-bond acceptors (Lipinski definition) is 6. The van der Waals surface area contributed by atoms with Crippen molar-refractivity contribution >= 4 is 23.8 Å². The van der Waals surface area contributed by atoms with Gasteiger partial charge in [-0.1, -0.05) is 36.4 Å². The molecule has 0 spiro atoms. The third-order valence-corrected chi connectivity index (χ3v) is 6.47. The number of benzene rings is 3. The third kappa shape index (κ3) is 4.63. The summed E-state index contributed by atoms with van der Waals surface area (Å²) in [6.45, 7) is 3.86. The second kappa shape index (κ2) is 9.78. The summed E-state index contributed by atoms with van der Waals surface area (Å²) in [6.07, 6.45) is 4.06. The van der Waals surface area contributed by atoms with E-state index in [0.29, 0.717) is 11.3 Å². The van der Waals surface area contributed by atoms with Crippen LogP contribution in [0, 0.1) is 6.92 Å². The summed E-state index contributed by atoms with van der Waals surface area (Å²) in [5.74, 6) is 2.23. The first kappa shape index (κ1) is 22.8. The van der Waals surface area contributed by atoms with Gasteiger partial charge in [0.25, 0.3) is 0 Å². The number of carbonyl (C=O) groups excluding carboxylic acids is 1. The Kier molecular flexibility index (Phi) is 6.02. The van der Waals surface area contributed by atoms with E-state index >= 15 is 0 Å². The molecule has 4 aromatic rings. The fourth-order valence-corrected chi connectivity index (χ4v) is 4.64. The molecular formula is C30H26N4O3. The quantitative estimate of drug-likeness (QED) is 0.248. The van der Waals surface area contributed by atoms with Crippen molar-refractivity contribution in [3.8, 4) is 17.2 Å². The van der Waals surface area contributed by atoms with Crippen LogP contribution in [-0.4, -0.2) is 34.7 Å². The molecule has 2 aliphatic rings. The van der Waals surface area contributed by atoms with Crippen LogP contribution >= 0.6 is 0 Å². The minimum atomic E-state index is -0.473. The monoisotopic (exact) mass is 490 g/mol. The van der Waals surface area contributed by atoms with Crippen molar-refractivity contribution in [3.05, 3.63) is 107 Å². The van der Waals surface area contributed by atoms with Gasteiger partial charge in [-0.3, -0.25) is 0 Å². The van der Waals surface area contributed by atoms with E-state index in [0.717, 1.165) is 54.4 Å². The molecule has 6 rings (SSSR count). The fraction of sp³-hybridized carbons (Fsp3) is 0.167. The van der Waals surface area contributed by atoms with Gasteiger partial charge in [-0.2, -0.15) is 5.10 Å². The molecule has 184 valence electrons. The molecule has 0 atom stereocenters. The molecule has 0 N–H and O–H groups in total. The topological polar surface area (TPSA) is 69.0 Å². The number of esters is 1. The highest BCUT2D eigenvalue weighted by atomic mass is 16.6. The SMILES string of the molecule is Cc1nn(-c2ccccc2)c(N2CCCC2)c1C=C1N=C(c2ccc(Oc3ccccc3)cc2)OC1=O. The maximum absolute atomic E-state index is 12.8. The highest BCUT2D eigenvalue weighted by Gasteiger charge is 2.28. The number of nitrogens with zero attached hydrogens (tertiary/aromatic N) is 4. The summed E-state index contributed by atoms with van der Waals surface area (Å²) in [5.41, 5.74) is 3.66. The van der Waals surface area contributed by atoms with Crippen molar-refractivity contribution in [2.24, 2.45) is 4.99 Å². The Bertz CT molecular complexity index is 1480. The number of aryl methyl sites for hydroxylation is 1. The predicted molar refractivity (Wildman–Crippen MR) is 143 cm³/mol. The Balaban J connectivity index is 1.32. The molecule has 1 fully saturated rings. The molecule has 7 nitrogen and oxygen atoms in total. The maximum atomic E-state index is 12.8. The van der Waals surface area contributed by atoms with Crippen LogP contribution < -0.4 is 9.64 Å². The lowest BCUT2D eigenvalue weighted by Crippen LogP contribution is -2.22. The van der Waals surface area contributed by atoms with Gasteiger partial charge in [-0.05, 0) is 74.4 Å². The van der Waals surface area contributed by atoms with E-state index in [1.807, 2.05) is 96.5 Å². The van der Waals surface area contributed by atoms with Gasteiger partial charge in [0.1, 0.15) is 17.3 Å². The van der Waals surface area contributed by atoms with Crippen LogP contribution in [0.5, 0.6) is 11.5 Å².